The predicted octanol–water partition coefficient (Wildman–Crippen LogP) is 3.05. The van der Waals surface area contributed by atoms with Gasteiger partial charge in [0.25, 0.3) is 0 Å². The maximum atomic E-state index is 5.93. The van der Waals surface area contributed by atoms with Crippen LogP contribution >= 0.6 is 0 Å². The first-order chi connectivity index (χ1) is 10.7. The van der Waals surface area contributed by atoms with Gasteiger partial charge < -0.3 is 16.0 Å². The zero-order valence-electron chi connectivity index (χ0n) is 14.1. The fourth-order valence-electron chi connectivity index (χ4n) is 2.94. The molecule has 122 valence electrons. The molecule has 4 nitrogen and oxygen atoms in total. The molecule has 1 heterocycles. The highest BCUT2D eigenvalue weighted by atomic mass is 15.1. The van der Waals surface area contributed by atoms with Gasteiger partial charge in [-0.1, -0.05) is 38.3 Å². The molecule has 22 heavy (non-hydrogen) atoms. The molecule has 0 saturated carbocycles. The molecule has 0 bridgehead atoms. The van der Waals surface area contributed by atoms with Crippen molar-refractivity contribution >= 4 is 11.6 Å². The molecule has 0 aliphatic carbocycles. The van der Waals surface area contributed by atoms with Gasteiger partial charge in [0.05, 0.1) is 6.54 Å². The van der Waals surface area contributed by atoms with E-state index in [4.69, 9.17) is 5.73 Å². The normalized spacial score (nSPS) is 14.8. The average Bonchev–Trinajstić information content (AvgIpc) is 2.53. The van der Waals surface area contributed by atoms with E-state index in [0.717, 1.165) is 19.5 Å². The maximum absolute atomic E-state index is 5.93. The monoisotopic (exact) mass is 302 g/mol. The molecule has 3 N–H and O–H groups in total. The van der Waals surface area contributed by atoms with E-state index in [2.05, 4.69) is 47.4 Å². The number of hydrogen-bond acceptors (Lipinski definition) is 2. The van der Waals surface area contributed by atoms with Crippen molar-refractivity contribution in [1.82, 2.24) is 5.32 Å². The van der Waals surface area contributed by atoms with Crippen LogP contribution in [0.3, 0.4) is 0 Å². The summed E-state index contributed by atoms with van der Waals surface area (Å²) in [5, 5.41) is 3.20. The minimum atomic E-state index is 0.561. The van der Waals surface area contributed by atoms with Gasteiger partial charge in [0, 0.05) is 25.8 Å². The largest absolute Gasteiger partial charge is 0.374 e. The molecule has 1 aliphatic heterocycles. The summed E-state index contributed by atoms with van der Waals surface area (Å²) in [5.74, 6) is 0.561. The molecule has 1 aliphatic rings. The van der Waals surface area contributed by atoms with E-state index in [9.17, 15) is 0 Å². The molecule has 0 fully saturated rings. The molecule has 0 unspecified atom stereocenters. The van der Waals surface area contributed by atoms with Gasteiger partial charge in [0.1, 0.15) is 0 Å². The van der Waals surface area contributed by atoms with Crippen molar-refractivity contribution in [2.24, 2.45) is 10.7 Å². The second-order valence-electron chi connectivity index (χ2n) is 6.18. The van der Waals surface area contributed by atoms with Gasteiger partial charge in [-0.25, -0.2) is 4.99 Å². The number of aryl methyl sites for hydroxylation is 1. The summed E-state index contributed by atoms with van der Waals surface area (Å²) in [6, 6.07) is 6.66. The van der Waals surface area contributed by atoms with Crippen LogP contribution in [0.4, 0.5) is 5.69 Å². The molecule has 0 radical (unpaired) electrons. The van der Waals surface area contributed by atoms with Gasteiger partial charge in [-0.15, -0.1) is 0 Å². The molecular weight excluding hydrogens is 272 g/mol. The lowest BCUT2D eigenvalue weighted by Crippen LogP contribution is -2.32. The van der Waals surface area contributed by atoms with E-state index >= 15 is 0 Å². The lowest BCUT2D eigenvalue weighted by molar-refractivity contribution is 0.652. The number of nitrogens with two attached hydrogens (primary N) is 1. The Bertz CT molecular complexity index is 496. The summed E-state index contributed by atoms with van der Waals surface area (Å²) in [6.07, 6.45) is 7.38. The number of nitrogens with one attached hydrogen (secondary N) is 1. The molecule has 0 aromatic heterocycles. The first-order valence-electron chi connectivity index (χ1n) is 8.57. The number of fused-ring (bicyclic) bond motifs is 1. The number of benzene rings is 1. The highest BCUT2D eigenvalue weighted by Crippen LogP contribution is 2.26. The standard InChI is InChI=1S/C18H30N4/c1-3-4-5-6-11-20-18(19)21-14-15-9-10-17-16(13-15)8-7-12-22(17)2/h9-10,13H,3-8,11-12,14H2,1-2H3,(H3,19,20,21). The van der Waals surface area contributed by atoms with E-state index in [1.807, 2.05) is 0 Å². The summed E-state index contributed by atoms with van der Waals surface area (Å²) in [7, 11) is 2.16. The molecule has 0 atom stereocenters. The van der Waals surface area contributed by atoms with Crippen LogP contribution in [0.15, 0.2) is 23.2 Å². The Hall–Kier alpha value is -1.71. The third kappa shape index (κ3) is 4.93. The van der Waals surface area contributed by atoms with Crippen LogP contribution in [0.1, 0.15) is 50.2 Å². The Balaban J connectivity index is 1.82. The van der Waals surface area contributed by atoms with Crippen LogP contribution in [0.5, 0.6) is 0 Å². The lowest BCUT2D eigenvalue weighted by Gasteiger charge is -2.27. The molecule has 0 amide bonds. The molecule has 1 aromatic rings. The smallest absolute Gasteiger partial charge is 0.188 e. The van der Waals surface area contributed by atoms with E-state index in [-0.39, 0.29) is 0 Å². The van der Waals surface area contributed by atoms with Crippen LogP contribution < -0.4 is 16.0 Å². The number of aliphatic imine (C=N–C) groups is 1. The topological polar surface area (TPSA) is 53.6 Å². The second-order valence-corrected chi connectivity index (χ2v) is 6.18. The zero-order valence-corrected chi connectivity index (χ0v) is 14.1. The number of unbranched alkanes of at least 4 members (excludes halogenated alkanes) is 3. The van der Waals surface area contributed by atoms with Crippen LogP contribution in [-0.2, 0) is 13.0 Å². The Kier molecular flexibility index (Phi) is 6.56. The highest BCUT2D eigenvalue weighted by Gasteiger charge is 2.13. The maximum Gasteiger partial charge on any atom is 0.188 e. The Morgan fingerprint density at radius 1 is 1.32 bits per heavy atom. The van der Waals surface area contributed by atoms with E-state index < -0.39 is 0 Å². The van der Waals surface area contributed by atoms with Gasteiger partial charge in [0.2, 0.25) is 0 Å². The van der Waals surface area contributed by atoms with Crippen LogP contribution in [0.25, 0.3) is 0 Å². The fourth-order valence-corrected chi connectivity index (χ4v) is 2.94. The predicted molar refractivity (Wildman–Crippen MR) is 95.5 cm³/mol. The van der Waals surface area contributed by atoms with Crippen molar-refractivity contribution in [3.8, 4) is 0 Å². The van der Waals surface area contributed by atoms with E-state index in [1.165, 1.54) is 48.9 Å². The van der Waals surface area contributed by atoms with E-state index in [1.54, 1.807) is 0 Å². The van der Waals surface area contributed by atoms with Crippen LogP contribution in [0.2, 0.25) is 0 Å². The summed E-state index contributed by atoms with van der Waals surface area (Å²) in [4.78, 5) is 6.78. The SMILES string of the molecule is CCCCCCNC(N)=NCc1ccc2c(c1)CCCN2C. The highest BCUT2D eigenvalue weighted by molar-refractivity contribution is 5.77. The minimum Gasteiger partial charge on any atom is -0.374 e. The first-order valence-corrected chi connectivity index (χ1v) is 8.57. The van der Waals surface area contributed by atoms with Gasteiger partial charge in [0.15, 0.2) is 5.96 Å². The lowest BCUT2D eigenvalue weighted by atomic mass is 10.00. The number of nitrogens with zero attached hydrogens (tertiary/aromatic N) is 2. The second kappa shape index (κ2) is 8.66. The fraction of sp³-hybridized carbons (Fsp3) is 0.611. The average molecular weight is 302 g/mol. The van der Waals surface area contributed by atoms with Gasteiger partial charge in [-0.2, -0.15) is 0 Å². The summed E-state index contributed by atoms with van der Waals surface area (Å²) in [6.45, 7) is 4.95. The number of guanidine groups is 1. The third-order valence-corrected chi connectivity index (χ3v) is 4.26. The minimum absolute atomic E-state index is 0.561. The first kappa shape index (κ1) is 16.7. The quantitative estimate of drug-likeness (QED) is 0.462. The molecule has 1 aromatic carbocycles. The van der Waals surface area contributed by atoms with Crippen molar-refractivity contribution in [3.05, 3.63) is 29.3 Å². The van der Waals surface area contributed by atoms with E-state index in [0.29, 0.717) is 12.5 Å². The molecular formula is C18H30N4. The zero-order chi connectivity index (χ0) is 15.8. The van der Waals surface area contributed by atoms with Gasteiger partial charge in [-0.3, -0.25) is 0 Å². The number of anilines is 1. The summed E-state index contributed by atoms with van der Waals surface area (Å²) >= 11 is 0. The summed E-state index contributed by atoms with van der Waals surface area (Å²) in [5.41, 5.74) is 9.97. The van der Waals surface area contributed by atoms with Gasteiger partial charge in [-0.05, 0) is 36.5 Å². The molecule has 0 spiro atoms. The molecule has 4 heteroatoms. The van der Waals surface area contributed by atoms with Crippen molar-refractivity contribution in [2.75, 3.05) is 25.0 Å². The Morgan fingerprint density at radius 2 is 2.18 bits per heavy atom. The van der Waals surface area contributed by atoms with Gasteiger partial charge >= 0.3 is 0 Å². The third-order valence-electron chi connectivity index (χ3n) is 4.26. The van der Waals surface area contributed by atoms with Crippen LogP contribution in [-0.4, -0.2) is 26.1 Å². The Morgan fingerprint density at radius 3 is 3.00 bits per heavy atom. The molecule has 2 rings (SSSR count). The number of rotatable bonds is 7. The Labute approximate surface area is 134 Å². The number of hydrogen-bond donors (Lipinski definition) is 2. The summed E-state index contributed by atoms with van der Waals surface area (Å²) < 4.78 is 0. The van der Waals surface area contributed by atoms with Crippen molar-refractivity contribution in [1.29, 1.82) is 0 Å². The van der Waals surface area contributed by atoms with Crippen molar-refractivity contribution < 1.29 is 0 Å². The van der Waals surface area contributed by atoms with Crippen LogP contribution in [0, 0.1) is 0 Å². The van der Waals surface area contributed by atoms with Crippen molar-refractivity contribution in [2.45, 2.75) is 52.0 Å². The van der Waals surface area contributed by atoms with Crippen molar-refractivity contribution in [3.63, 3.8) is 0 Å². The molecule has 0 saturated heterocycles.